The van der Waals surface area contributed by atoms with Gasteiger partial charge in [-0.3, -0.25) is 0 Å². The van der Waals surface area contributed by atoms with Gasteiger partial charge in [0.25, 0.3) is 0 Å². The molecule has 0 heterocycles. The van der Waals surface area contributed by atoms with Crippen LogP contribution in [0.4, 0.5) is 0 Å². The fourth-order valence-electron chi connectivity index (χ4n) is 0.909. The van der Waals surface area contributed by atoms with Crippen molar-refractivity contribution >= 4 is 0 Å². The van der Waals surface area contributed by atoms with Crippen LogP contribution in [-0.4, -0.2) is 26.8 Å². The van der Waals surface area contributed by atoms with Crippen LogP contribution in [0.3, 0.4) is 0 Å². The molecule has 0 aromatic carbocycles. The molecule has 0 radical (unpaired) electrons. The fraction of sp³-hybridized carbons (Fsp3) is 0.778. The number of rotatable bonds is 6. The molecular formula is C9H17NO. The van der Waals surface area contributed by atoms with Crippen LogP contribution < -0.4 is 5.32 Å². The quantitative estimate of drug-likeness (QED) is 0.459. The molecule has 0 aromatic heterocycles. The van der Waals surface area contributed by atoms with Crippen LogP contribution in [0, 0.1) is 5.92 Å². The summed E-state index contributed by atoms with van der Waals surface area (Å²) in [6.45, 7) is 2.74. The van der Waals surface area contributed by atoms with E-state index < -0.39 is 0 Å². The van der Waals surface area contributed by atoms with E-state index in [2.05, 4.69) is 17.5 Å². The average Bonchev–Trinajstić information content (AvgIpc) is 2.80. The van der Waals surface area contributed by atoms with Crippen molar-refractivity contribution in [3.8, 4) is 0 Å². The second-order valence-electron chi connectivity index (χ2n) is 2.96. The lowest BCUT2D eigenvalue weighted by molar-refractivity contribution is 0.200. The molecule has 1 rings (SSSR count). The minimum Gasteiger partial charge on any atom is -0.383 e. The summed E-state index contributed by atoms with van der Waals surface area (Å²) in [5.74, 6) is 0.902. The topological polar surface area (TPSA) is 21.3 Å². The highest BCUT2D eigenvalue weighted by molar-refractivity contribution is 4.96. The van der Waals surface area contributed by atoms with Gasteiger partial charge >= 0.3 is 0 Å². The van der Waals surface area contributed by atoms with Crippen LogP contribution in [0.5, 0.6) is 0 Å². The zero-order valence-electron chi connectivity index (χ0n) is 7.18. The highest BCUT2D eigenvalue weighted by Gasteiger charge is 2.16. The lowest BCUT2D eigenvalue weighted by atomic mass is 10.3. The van der Waals surface area contributed by atoms with Gasteiger partial charge in [0.2, 0.25) is 0 Å². The summed E-state index contributed by atoms with van der Waals surface area (Å²) in [6.07, 6.45) is 7.32. The number of hydrogen-bond acceptors (Lipinski definition) is 2. The molecule has 0 atom stereocenters. The molecule has 2 nitrogen and oxygen atoms in total. The molecule has 0 aliphatic heterocycles. The molecule has 0 bridgehead atoms. The predicted octanol–water partition coefficient (Wildman–Crippen LogP) is 1.19. The van der Waals surface area contributed by atoms with Gasteiger partial charge in [0.1, 0.15) is 0 Å². The minimum atomic E-state index is 0.803. The number of methoxy groups -OCH3 is 1. The standard InChI is InChI=1S/C9H17NO/c1-11-8-7-10-6-2-3-9-4-5-9/h2-3,9-10H,4-8H2,1H3. The Morgan fingerprint density at radius 3 is 3.00 bits per heavy atom. The molecule has 2 heteroatoms. The maximum atomic E-state index is 4.90. The summed E-state index contributed by atoms with van der Waals surface area (Å²) in [5.41, 5.74) is 0. The first-order valence-electron chi connectivity index (χ1n) is 4.30. The smallest absolute Gasteiger partial charge is 0.0587 e. The van der Waals surface area contributed by atoms with Crippen molar-refractivity contribution in [3.63, 3.8) is 0 Å². The lowest BCUT2D eigenvalue weighted by Gasteiger charge is -1.98. The normalized spacial score (nSPS) is 17.9. The highest BCUT2D eigenvalue weighted by atomic mass is 16.5. The van der Waals surface area contributed by atoms with E-state index in [1.165, 1.54) is 12.8 Å². The van der Waals surface area contributed by atoms with Crippen molar-refractivity contribution in [2.75, 3.05) is 26.8 Å². The lowest BCUT2D eigenvalue weighted by Crippen LogP contribution is -2.18. The van der Waals surface area contributed by atoms with E-state index in [1.54, 1.807) is 7.11 Å². The first-order valence-corrected chi connectivity index (χ1v) is 4.30. The Labute approximate surface area is 68.6 Å². The third kappa shape index (κ3) is 4.99. The van der Waals surface area contributed by atoms with E-state index in [1.807, 2.05) is 0 Å². The molecule has 64 valence electrons. The zero-order valence-corrected chi connectivity index (χ0v) is 7.18. The van der Waals surface area contributed by atoms with Gasteiger partial charge < -0.3 is 10.1 Å². The molecule has 1 aliphatic rings. The Kier molecular flexibility index (Phi) is 4.24. The molecule has 0 spiro atoms. The third-order valence-electron chi connectivity index (χ3n) is 1.78. The van der Waals surface area contributed by atoms with E-state index >= 15 is 0 Å². The second-order valence-corrected chi connectivity index (χ2v) is 2.96. The Morgan fingerprint density at radius 1 is 1.55 bits per heavy atom. The second kappa shape index (κ2) is 5.33. The Balaban J connectivity index is 1.79. The number of hydrogen-bond donors (Lipinski definition) is 1. The van der Waals surface area contributed by atoms with Crippen LogP contribution in [0.15, 0.2) is 12.2 Å². The summed E-state index contributed by atoms with van der Waals surface area (Å²) in [6, 6.07) is 0. The summed E-state index contributed by atoms with van der Waals surface area (Å²) < 4.78 is 4.90. The van der Waals surface area contributed by atoms with Gasteiger partial charge in [-0.05, 0) is 18.8 Å². The summed E-state index contributed by atoms with van der Waals surface area (Å²) >= 11 is 0. The van der Waals surface area contributed by atoms with Crippen LogP contribution in [0.2, 0.25) is 0 Å². The Hall–Kier alpha value is -0.340. The first kappa shape index (κ1) is 8.75. The number of ether oxygens (including phenoxy) is 1. The van der Waals surface area contributed by atoms with E-state index in [9.17, 15) is 0 Å². The van der Waals surface area contributed by atoms with Gasteiger partial charge in [0, 0.05) is 20.2 Å². The van der Waals surface area contributed by atoms with Gasteiger partial charge in [0.05, 0.1) is 6.61 Å². The van der Waals surface area contributed by atoms with Gasteiger partial charge in [-0.2, -0.15) is 0 Å². The largest absolute Gasteiger partial charge is 0.383 e. The molecule has 1 saturated carbocycles. The number of allylic oxidation sites excluding steroid dienone is 1. The molecule has 0 aromatic rings. The van der Waals surface area contributed by atoms with Crippen molar-refractivity contribution in [1.82, 2.24) is 5.32 Å². The maximum absolute atomic E-state index is 4.90. The zero-order chi connectivity index (χ0) is 7.94. The van der Waals surface area contributed by atoms with Gasteiger partial charge in [-0.1, -0.05) is 12.2 Å². The Morgan fingerprint density at radius 2 is 2.36 bits per heavy atom. The minimum absolute atomic E-state index is 0.803. The van der Waals surface area contributed by atoms with Crippen LogP contribution >= 0.6 is 0 Å². The molecule has 1 N–H and O–H groups in total. The molecule has 0 amide bonds. The van der Waals surface area contributed by atoms with Crippen molar-refractivity contribution in [3.05, 3.63) is 12.2 Å². The van der Waals surface area contributed by atoms with Crippen molar-refractivity contribution in [2.45, 2.75) is 12.8 Å². The third-order valence-corrected chi connectivity index (χ3v) is 1.78. The molecule has 0 unspecified atom stereocenters. The van der Waals surface area contributed by atoms with Crippen molar-refractivity contribution in [2.24, 2.45) is 5.92 Å². The molecular weight excluding hydrogens is 138 g/mol. The highest BCUT2D eigenvalue weighted by Crippen LogP contribution is 2.29. The van der Waals surface area contributed by atoms with Gasteiger partial charge in [-0.15, -0.1) is 0 Å². The van der Waals surface area contributed by atoms with Crippen LogP contribution in [0.1, 0.15) is 12.8 Å². The van der Waals surface area contributed by atoms with E-state index in [0.29, 0.717) is 0 Å². The number of nitrogens with one attached hydrogen (secondary N) is 1. The summed E-state index contributed by atoms with van der Waals surface area (Å²) in [5, 5.41) is 3.26. The predicted molar refractivity (Wildman–Crippen MR) is 46.6 cm³/mol. The average molecular weight is 155 g/mol. The molecule has 1 aliphatic carbocycles. The monoisotopic (exact) mass is 155 g/mol. The van der Waals surface area contributed by atoms with Gasteiger partial charge in [0.15, 0.2) is 0 Å². The van der Waals surface area contributed by atoms with E-state index in [-0.39, 0.29) is 0 Å². The maximum Gasteiger partial charge on any atom is 0.0587 e. The van der Waals surface area contributed by atoms with E-state index in [0.717, 1.165) is 25.6 Å². The summed E-state index contributed by atoms with van der Waals surface area (Å²) in [7, 11) is 1.72. The Bertz CT molecular complexity index is 119. The summed E-state index contributed by atoms with van der Waals surface area (Å²) in [4.78, 5) is 0. The molecule has 1 fully saturated rings. The van der Waals surface area contributed by atoms with Crippen molar-refractivity contribution < 1.29 is 4.74 Å². The fourth-order valence-corrected chi connectivity index (χ4v) is 0.909. The van der Waals surface area contributed by atoms with Gasteiger partial charge in [-0.25, -0.2) is 0 Å². The van der Waals surface area contributed by atoms with Crippen LogP contribution in [-0.2, 0) is 4.74 Å². The van der Waals surface area contributed by atoms with Crippen molar-refractivity contribution in [1.29, 1.82) is 0 Å². The SMILES string of the molecule is COCCNCC=CC1CC1. The van der Waals surface area contributed by atoms with E-state index in [4.69, 9.17) is 4.74 Å². The molecule has 11 heavy (non-hydrogen) atoms. The van der Waals surface area contributed by atoms with Crippen LogP contribution in [0.25, 0.3) is 0 Å². The molecule has 0 saturated heterocycles. The first-order chi connectivity index (χ1) is 5.43.